The minimum Gasteiger partial charge on any atom is -0.330 e. The third-order valence-corrected chi connectivity index (χ3v) is 2.27. The first kappa shape index (κ1) is 12.7. The van der Waals surface area contributed by atoms with Crippen molar-refractivity contribution in [3.05, 3.63) is 0 Å². The predicted molar refractivity (Wildman–Crippen MR) is 55.7 cm³/mol. The summed E-state index contributed by atoms with van der Waals surface area (Å²) >= 11 is 1.26. The van der Waals surface area contributed by atoms with Crippen molar-refractivity contribution in [1.29, 1.82) is 0 Å². The molecular formula is C9H18NO2S+. The van der Waals surface area contributed by atoms with Crippen LogP contribution in [-0.2, 0) is 9.59 Å². The van der Waals surface area contributed by atoms with Crippen LogP contribution in [0.5, 0.6) is 0 Å². The number of ketones is 1. The second-order valence-corrected chi connectivity index (χ2v) is 5.27. The molecule has 4 heteroatoms. The quantitative estimate of drug-likeness (QED) is 0.493. The van der Waals surface area contributed by atoms with E-state index in [0.717, 1.165) is 16.8 Å². The Balaban J connectivity index is 3.54. The van der Waals surface area contributed by atoms with E-state index in [1.54, 1.807) is 0 Å². The Labute approximate surface area is 84.1 Å². The lowest BCUT2D eigenvalue weighted by atomic mass is 10.3. The van der Waals surface area contributed by atoms with Crippen LogP contribution >= 0.6 is 11.8 Å². The predicted octanol–water partition coefficient (Wildman–Crippen LogP) is 0.931. The van der Waals surface area contributed by atoms with Crippen molar-refractivity contribution < 1.29 is 14.1 Å². The molecule has 0 aromatic heterocycles. The zero-order valence-electron chi connectivity index (χ0n) is 8.79. The maximum absolute atomic E-state index is 11.1. The Bertz CT molecular complexity index is 196. The van der Waals surface area contributed by atoms with Gasteiger partial charge in [-0.2, -0.15) is 0 Å². The Morgan fingerprint density at radius 1 is 1.23 bits per heavy atom. The number of thioether (sulfide) groups is 1. The first-order chi connectivity index (χ1) is 5.81. The van der Waals surface area contributed by atoms with Gasteiger partial charge in [-0.25, -0.2) is 0 Å². The van der Waals surface area contributed by atoms with E-state index in [4.69, 9.17) is 0 Å². The molecule has 0 atom stereocenters. The lowest BCUT2D eigenvalue weighted by molar-refractivity contribution is -0.867. The zero-order chi connectivity index (χ0) is 10.5. The Kier molecular flexibility index (Phi) is 5.25. The van der Waals surface area contributed by atoms with Gasteiger partial charge in [-0.15, -0.1) is 0 Å². The average molecular weight is 204 g/mol. The first-order valence-electron chi connectivity index (χ1n) is 4.27. The molecule has 0 aliphatic rings. The van der Waals surface area contributed by atoms with Gasteiger partial charge in [0.25, 0.3) is 0 Å². The van der Waals surface area contributed by atoms with Crippen LogP contribution in [0.3, 0.4) is 0 Å². The minimum absolute atomic E-state index is 0.0130. The van der Waals surface area contributed by atoms with Gasteiger partial charge in [-0.05, 0) is 6.92 Å². The SMILES string of the molecule is CC(=O)CC(=O)SCC[N+](C)(C)C. The van der Waals surface area contributed by atoms with Gasteiger partial charge in [0.1, 0.15) is 5.78 Å². The highest BCUT2D eigenvalue weighted by Gasteiger charge is 2.10. The molecule has 0 amide bonds. The van der Waals surface area contributed by atoms with Gasteiger partial charge in [0, 0.05) is 0 Å². The Morgan fingerprint density at radius 2 is 1.77 bits per heavy atom. The first-order valence-corrected chi connectivity index (χ1v) is 5.25. The van der Waals surface area contributed by atoms with Gasteiger partial charge < -0.3 is 4.48 Å². The molecule has 0 aliphatic heterocycles. The van der Waals surface area contributed by atoms with Crippen LogP contribution in [0.2, 0.25) is 0 Å². The molecule has 0 aromatic rings. The van der Waals surface area contributed by atoms with E-state index in [-0.39, 0.29) is 17.3 Å². The average Bonchev–Trinajstić information content (AvgIpc) is 1.81. The molecule has 0 unspecified atom stereocenters. The molecule has 0 heterocycles. The number of Topliss-reactive ketones (excluding diaryl/α,β-unsaturated/α-hetero) is 1. The summed E-state index contributed by atoms with van der Waals surface area (Å²) in [5.74, 6) is 0.734. The van der Waals surface area contributed by atoms with Gasteiger partial charge in [0.2, 0.25) is 0 Å². The molecule has 0 N–H and O–H groups in total. The van der Waals surface area contributed by atoms with Crippen molar-refractivity contribution in [1.82, 2.24) is 0 Å². The highest BCUT2D eigenvalue weighted by atomic mass is 32.2. The largest absolute Gasteiger partial charge is 0.330 e. The van der Waals surface area contributed by atoms with E-state index in [2.05, 4.69) is 21.1 Å². The third-order valence-electron chi connectivity index (χ3n) is 1.42. The minimum atomic E-state index is -0.0530. The molecule has 0 saturated heterocycles. The summed E-state index contributed by atoms with van der Waals surface area (Å²) in [5, 5.41) is -0.0130. The van der Waals surface area contributed by atoms with Crippen molar-refractivity contribution in [2.24, 2.45) is 0 Å². The van der Waals surface area contributed by atoms with E-state index in [1.165, 1.54) is 18.7 Å². The fourth-order valence-electron chi connectivity index (χ4n) is 0.688. The van der Waals surface area contributed by atoms with Crippen molar-refractivity contribution in [3.63, 3.8) is 0 Å². The number of nitrogens with zero attached hydrogens (tertiary/aromatic N) is 1. The lowest BCUT2D eigenvalue weighted by Gasteiger charge is -2.23. The summed E-state index contributed by atoms with van der Waals surface area (Å²) in [4.78, 5) is 21.7. The fraction of sp³-hybridized carbons (Fsp3) is 0.778. The molecular weight excluding hydrogens is 186 g/mol. The number of hydrogen-bond acceptors (Lipinski definition) is 3. The third kappa shape index (κ3) is 9.56. The molecule has 0 radical (unpaired) electrons. The molecule has 0 rings (SSSR count). The smallest absolute Gasteiger partial charge is 0.196 e. The van der Waals surface area contributed by atoms with E-state index in [9.17, 15) is 9.59 Å². The molecule has 0 bridgehead atoms. The maximum atomic E-state index is 11.1. The fourth-order valence-corrected chi connectivity index (χ4v) is 1.86. The summed E-state index contributed by atoms with van der Waals surface area (Å²) in [6, 6.07) is 0. The molecule has 0 fully saturated rings. The molecule has 0 spiro atoms. The standard InChI is InChI=1S/C9H18NO2S/c1-8(11)7-9(12)13-6-5-10(2,3)4/h5-7H2,1-4H3/q+1. The van der Waals surface area contributed by atoms with Crippen LogP contribution in [0.1, 0.15) is 13.3 Å². The second-order valence-electron chi connectivity index (χ2n) is 4.11. The molecule has 0 saturated carbocycles. The molecule has 13 heavy (non-hydrogen) atoms. The summed E-state index contributed by atoms with van der Waals surface area (Å²) in [5.41, 5.74) is 0. The summed E-state index contributed by atoms with van der Waals surface area (Å²) in [7, 11) is 6.24. The summed E-state index contributed by atoms with van der Waals surface area (Å²) < 4.78 is 0.848. The van der Waals surface area contributed by atoms with Crippen LogP contribution in [0.4, 0.5) is 0 Å². The Hall–Kier alpha value is -0.350. The van der Waals surface area contributed by atoms with Gasteiger partial charge in [0.05, 0.1) is 39.9 Å². The number of quaternary nitrogens is 1. The number of hydrogen-bond donors (Lipinski definition) is 0. The van der Waals surface area contributed by atoms with Crippen LogP contribution in [0.25, 0.3) is 0 Å². The lowest BCUT2D eigenvalue weighted by Crippen LogP contribution is -2.36. The summed E-state index contributed by atoms with van der Waals surface area (Å²) in [6.07, 6.45) is 0.0712. The van der Waals surface area contributed by atoms with Gasteiger partial charge in [-0.3, -0.25) is 9.59 Å². The van der Waals surface area contributed by atoms with Crippen LogP contribution < -0.4 is 0 Å². The van der Waals surface area contributed by atoms with Gasteiger partial charge >= 0.3 is 0 Å². The van der Waals surface area contributed by atoms with Crippen molar-refractivity contribution in [3.8, 4) is 0 Å². The highest BCUT2D eigenvalue weighted by Crippen LogP contribution is 2.07. The highest BCUT2D eigenvalue weighted by molar-refractivity contribution is 8.13. The van der Waals surface area contributed by atoms with Crippen molar-refractivity contribution in [2.45, 2.75) is 13.3 Å². The topological polar surface area (TPSA) is 34.1 Å². The number of carbonyl (C=O) groups excluding carboxylic acids is 2. The van der Waals surface area contributed by atoms with Crippen LogP contribution in [0.15, 0.2) is 0 Å². The van der Waals surface area contributed by atoms with Gasteiger partial charge in [0.15, 0.2) is 5.12 Å². The van der Waals surface area contributed by atoms with Crippen LogP contribution in [-0.4, -0.2) is 48.8 Å². The van der Waals surface area contributed by atoms with E-state index >= 15 is 0 Å². The summed E-state index contributed by atoms with van der Waals surface area (Å²) in [6.45, 7) is 2.38. The molecule has 0 aliphatic carbocycles. The molecule has 3 nitrogen and oxygen atoms in total. The monoisotopic (exact) mass is 204 g/mol. The van der Waals surface area contributed by atoms with Crippen molar-refractivity contribution >= 4 is 22.7 Å². The van der Waals surface area contributed by atoms with Crippen molar-refractivity contribution in [2.75, 3.05) is 33.4 Å². The van der Waals surface area contributed by atoms with E-state index < -0.39 is 0 Å². The normalized spacial score (nSPS) is 11.4. The molecule has 76 valence electrons. The van der Waals surface area contributed by atoms with Gasteiger partial charge in [-0.1, -0.05) is 11.8 Å². The van der Waals surface area contributed by atoms with Crippen LogP contribution in [0, 0.1) is 0 Å². The Morgan fingerprint density at radius 3 is 2.15 bits per heavy atom. The second kappa shape index (κ2) is 5.40. The zero-order valence-corrected chi connectivity index (χ0v) is 9.61. The van der Waals surface area contributed by atoms with E-state index in [1.807, 2.05) is 0 Å². The maximum Gasteiger partial charge on any atom is 0.196 e. The number of rotatable bonds is 5. The van der Waals surface area contributed by atoms with E-state index in [0.29, 0.717) is 0 Å². The number of carbonyl (C=O) groups is 2. The molecule has 0 aromatic carbocycles.